The van der Waals surface area contributed by atoms with Crippen molar-refractivity contribution in [2.75, 3.05) is 30.3 Å². The highest BCUT2D eigenvalue weighted by Crippen LogP contribution is 2.26. The number of carbonyl (C=O) groups excluding carboxylic acids is 2. The smallest absolute Gasteiger partial charge is 0.261 e. The summed E-state index contributed by atoms with van der Waals surface area (Å²) in [6.07, 6.45) is 0.662. The zero-order chi connectivity index (χ0) is 24.6. The number of benzene rings is 3. The molecule has 2 amide bonds. The highest BCUT2D eigenvalue weighted by molar-refractivity contribution is 7.92. The maximum absolute atomic E-state index is 12.8. The summed E-state index contributed by atoms with van der Waals surface area (Å²) >= 11 is 6.25. The Morgan fingerprint density at radius 3 is 2.32 bits per heavy atom. The number of methoxy groups -OCH3 is 1. The summed E-state index contributed by atoms with van der Waals surface area (Å²) in [5.41, 5.74) is 0.981. The zero-order valence-corrected chi connectivity index (χ0v) is 19.9. The first-order valence-electron chi connectivity index (χ1n) is 10.4. The Balaban J connectivity index is 1.72. The molecule has 0 bridgehead atoms. The molecule has 0 spiro atoms. The van der Waals surface area contributed by atoms with Crippen LogP contribution in [0.5, 0.6) is 0 Å². The summed E-state index contributed by atoms with van der Waals surface area (Å²) in [6, 6.07) is 18.7. The molecule has 3 aromatic rings. The van der Waals surface area contributed by atoms with Crippen molar-refractivity contribution in [3.05, 3.63) is 88.9 Å². The van der Waals surface area contributed by atoms with Crippen LogP contribution in [0.3, 0.4) is 0 Å². The molecule has 8 nitrogen and oxygen atoms in total. The highest BCUT2D eigenvalue weighted by Gasteiger charge is 2.18. The van der Waals surface area contributed by atoms with Crippen LogP contribution in [0, 0.1) is 0 Å². The average molecular weight is 502 g/mol. The summed E-state index contributed by atoms with van der Waals surface area (Å²) < 4.78 is 32.4. The summed E-state index contributed by atoms with van der Waals surface area (Å²) in [5, 5.41) is 5.54. The van der Waals surface area contributed by atoms with E-state index in [-0.39, 0.29) is 27.1 Å². The number of anilines is 2. The van der Waals surface area contributed by atoms with Crippen LogP contribution < -0.4 is 15.4 Å². The second kappa shape index (κ2) is 11.6. The van der Waals surface area contributed by atoms with Crippen molar-refractivity contribution >= 4 is 44.8 Å². The molecular weight excluding hydrogens is 478 g/mol. The van der Waals surface area contributed by atoms with Gasteiger partial charge < -0.3 is 15.4 Å². The van der Waals surface area contributed by atoms with Crippen molar-refractivity contribution in [1.29, 1.82) is 0 Å². The lowest BCUT2D eigenvalue weighted by atomic mass is 10.1. The summed E-state index contributed by atoms with van der Waals surface area (Å²) in [5.74, 6) is -0.824. The average Bonchev–Trinajstić information content (AvgIpc) is 2.83. The number of rotatable bonds is 10. The molecule has 0 unspecified atom stereocenters. The molecule has 0 aromatic heterocycles. The van der Waals surface area contributed by atoms with Crippen molar-refractivity contribution in [2.45, 2.75) is 11.3 Å². The van der Waals surface area contributed by atoms with Gasteiger partial charge in [0.05, 0.1) is 26.9 Å². The van der Waals surface area contributed by atoms with Crippen molar-refractivity contribution in [2.24, 2.45) is 0 Å². The Kier molecular flexibility index (Phi) is 8.64. The molecule has 34 heavy (non-hydrogen) atoms. The number of hydrogen-bond acceptors (Lipinski definition) is 5. The quantitative estimate of drug-likeness (QED) is 0.361. The van der Waals surface area contributed by atoms with E-state index >= 15 is 0 Å². The minimum atomic E-state index is -3.83. The van der Waals surface area contributed by atoms with E-state index in [9.17, 15) is 18.0 Å². The maximum Gasteiger partial charge on any atom is 0.261 e. The fraction of sp³-hybridized carbons (Fsp3) is 0.167. The number of nitrogens with one attached hydrogen (secondary N) is 3. The van der Waals surface area contributed by atoms with Crippen LogP contribution in [-0.2, 0) is 14.8 Å². The Hall–Kier alpha value is -3.40. The lowest BCUT2D eigenvalue weighted by Crippen LogP contribution is -2.26. The van der Waals surface area contributed by atoms with Crippen LogP contribution in [0.4, 0.5) is 11.4 Å². The van der Waals surface area contributed by atoms with Gasteiger partial charge in [0, 0.05) is 25.8 Å². The third-order valence-electron chi connectivity index (χ3n) is 4.76. The van der Waals surface area contributed by atoms with Crippen LogP contribution in [0.25, 0.3) is 0 Å². The summed E-state index contributed by atoms with van der Waals surface area (Å²) in [6.45, 7) is 0.960. The minimum absolute atomic E-state index is 0.0522. The number of sulfonamides is 1. The maximum atomic E-state index is 12.8. The van der Waals surface area contributed by atoms with Gasteiger partial charge in [-0.1, -0.05) is 41.9 Å². The molecule has 0 aliphatic heterocycles. The van der Waals surface area contributed by atoms with E-state index in [1.807, 2.05) is 0 Å². The van der Waals surface area contributed by atoms with Gasteiger partial charge in [-0.05, 0) is 48.9 Å². The molecule has 10 heteroatoms. The number of hydrogen-bond donors (Lipinski definition) is 3. The molecule has 3 aromatic carbocycles. The van der Waals surface area contributed by atoms with E-state index in [1.54, 1.807) is 49.6 Å². The van der Waals surface area contributed by atoms with Gasteiger partial charge in [0.15, 0.2) is 0 Å². The Morgan fingerprint density at radius 2 is 1.62 bits per heavy atom. The molecule has 0 fully saturated rings. The number of para-hydroxylation sites is 1. The van der Waals surface area contributed by atoms with Crippen LogP contribution in [0.15, 0.2) is 77.7 Å². The first-order valence-corrected chi connectivity index (χ1v) is 12.2. The van der Waals surface area contributed by atoms with E-state index in [4.69, 9.17) is 16.3 Å². The third kappa shape index (κ3) is 6.57. The number of ether oxygens (including phenoxy) is 1. The Labute approximate surface area is 203 Å². The molecule has 178 valence electrons. The number of amides is 2. The monoisotopic (exact) mass is 501 g/mol. The van der Waals surface area contributed by atoms with E-state index in [2.05, 4.69) is 15.4 Å². The van der Waals surface area contributed by atoms with E-state index < -0.39 is 15.9 Å². The normalized spacial score (nSPS) is 11.0. The second-order valence-electron chi connectivity index (χ2n) is 7.22. The van der Waals surface area contributed by atoms with Crippen LogP contribution >= 0.6 is 11.6 Å². The fourth-order valence-corrected chi connectivity index (χ4v) is 4.43. The molecule has 0 aliphatic rings. The van der Waals surface area contributed by atoms with Gasteiger partial charge in [0.2, 0.25) is 0 Å². The number of carbonyl (C=O) groups is 2. The molecule has 0 aliphatic carbocycles. The summed E-state index contributed by atoms with van der Waals surface area (Å²) in [4.78, 5) is 25.4. The lowest BCUT2D eigenvalue weighted by Gasteiger charge is -2.13. The van der Waals surface area contributed by atoms with Crippen molar-refractivity contribution in [3.8, 4) is 0 Å². The molecule has 0 heterocycles. The SMILES string of the molecule is COCCCNC(=O)c1ccccc1NC(=O)c1ccc(NS(=O)(=O)c2ccccc2)c(Cl)c1. The van der Waals surface area contributed by atoms with Gasteiger partial charge in [-0.15, -0.1) is 0 Å². The summed E-state index contributed by atoms with van der Waals surface area (Å²) in [7, 11) is -2.24. The standard InChI is InChI=1S/C24H24ClN3O5S/c1-33-15-7-14-26-24(30)19-10-5-6-11-21(19)27-23(29)17-12-13-22(20(25)16-17)28-34(31,32)18-8-3-2-4-9-18/h2-6,8-13,16,28H,7,14-15H2,1H3,(H,26,30)(H,27,29). The second-order valence-corrected chi connectivity index (χ2v) is 9.30. The van der Waals surface area contributed by atoms with Gasteiger partial charge in [-0.3, -0.25) is 14.3 Å². The first kappa shape index (κ1) is 25.2. The third-order valence-corrected chi connectivity index (χ3v) is 6.45. The predicted molar refractivity (Wildman–Crippen MR) is 132 cm³/mol. The van der Waals surface area contributed by atoms with E-state index in [0.717, 1.165) is 0 Å². The van der Waals surface area contributed by atoms with Crippen molar-refractivity contribution in [1.82, 2.24) is 5.32 Å². The molecule has 0 saturated heterocycles. The Morgan fingerprint density at radius 1 is 0.912 bits per heavy atom. The minimum Gasteiger partial charge on any atom is -0.385 e. The molecule has 3 rings (SSSR count). The van der Waals surface area contributed by atoms with Crippen molar-refractivity contribution in [3.63, 3.8) is 0 Å². The molecule has 0 atom stereocenters. The Bertz CT molecular complexity index is 1270. The lowest BCUT2D eigenvalue weighted by molar-refractivity contribution is 0.0949. The molecule has 0 radical (unpaired) electrons. The van der Waals surface area contributed by atoms with Gasteiger partial charge >= 0.3 is 0 Å². The van der Waals surface area contributed by atoms with E-state index in [1.165, 1.54) is 30.3 Å². The van der Waals surface area contributed by atoms with Gasteiger partial charge in [-0.25, -0.2) is 8.42 Å². The fourth-order valence-electron chi connectivity index (χ4n) is 3.04. The topological polar surface area (TPSA) is 114 Å². The molecule has 0 saturated carbocycles. The first-order chi connectivity index (χ1) is 16.3. The number of halogens is 1. The zero-order valence-electron chi connectivity index (χ0n) is 18.4. The van der Waals surface area contributed by atoms with Crippen molar-refractivity contribution < 1.29 is 22.7 Å². The van der Waals surface area contributed by atoms with Crippen LogP contribution in [0.2, 0.25) is 5.02 Å². The van der Waals surface area contributed by atoms with E-state index in [0.29, 0.717) is 30.8 Å². The predicted octanol–water partition coefficient (Wildman–Crippen LogP) is 4.16. The van der Waals surface area contributed by atoms with Gasteiger partial charge in [-0.2, -0.15) is 0 Å². The van der Waals surface area contributed by atoms with Crippen LogP contribution in [0.1, 0.15) is 27.1 Å². The highest BCUT2D eigenvalue weighted by atomic mass is 35.5. The van der Waals surface area contributed by atoms with Crippen LogP contribution in [-0.4, -0.2) is 40.5 Å². The largest absolute Gasteiger partial charge is 0.385 e. The van der Waals surface area contributed by atoms with Gasteiger partial charge in [0.1, 0.15) is 0 Å². The molecule has 3 N–H and O–H groups in total. The van der Waals surface area contributed by atoms with Gasteiger partial charge in [0.25, 0.3) is 21.8 Å². The molecular formula is C24H24ClN3O5S.